The first kappa shape index (κ1) is 17.6. The molecule has 2 saturated heterocycles. The number of hydrogen-bond donors (Lipinski definition) is 0. The molecule has 0 aliphatic carbocycles. The highest BCUT2D eigenvalue weighted by atomic mass is 16.5. The summed E-state index contributed by atoms with van der Waals surface area (Å²) in [5.74, 6) is 2.13. The predicted octanol–water partition coefficient (Wildman–Crippen LogP) is 2.92. The molecule has 4 rings (SSSR count). The number of aromatic nitrogens is 2. The Labute approximate surface area is 156 Å². The second-order valence-corrected chi connectivity index (χ2v) is 8.04. The first-order valence-corrected chi connectivity index (χ1v) is 9.70. The Hall–Kier alpha value is -1.85. The van der Waals surface area contributed by atoms with Crippen LogP contribution in [-0.2, 0) is 20.1 Å². The summed E-state index contributed by atoms with van der Waals surface area (Å²) >= 11 is 0. The molecule has 140 valence electrons. The maximum atomic E-state index is 5.35. The van der Waals surface area contributed by atoms with Gasteiger partial charge in [0.2, 0.25) is 0 Å². The average molecular weight is 354 g/mol. The topological polar surface area (TPSA) is 33.5 Å². The SMILES string of the molecule is COc1cccc(CN2CCC3(CC2)CCN(Cc2nccn2C)C3)c1. The summed E-state index contributed by atoms with van der Waals surface area (Å²) < 4.78 is 7.49. The lowest BCUT2D eigenvalue weighted by Gasteiger charge is -2.39. The highest BCUT2D eigenvalue weighted by Crippen LogP contribution is 2.41. The van der Waals surface area contributed by atoms with Crippen molar-refractivity contribution in [3.8, 4) is 5.75 Å². The van der Waals surface area contributed by atoms with Gasteiger partial charge >= 0.3 is 0 Å². The number of rotatable bonds is 5. The second-order valence-electron chi connectivity index (χ2n) is 8.04. The van der Waals surface area contributed by atoms with Crippen molar-refractivity contribution in [2.75, 3.05) is 33.3 Å². The molecule has 5 nitrogen and oxygen atoms in total. The van der Waals surface area contributed by atoms with Crippen molar-refractivity contribution in [2.24, 2.45) is 12.5 Å². The fourth-order valence-corrected chi connectivity index (χ4v) is 4.53. The van der Waals surface area contributed by atoms with E-state index in [0.29, 0.717) is 5.41 Å². The van der Waals surface area contributed by atoms with E-state index in [9.17, 15) is 0 Å². The molecule has 3 heterocycles. The number of likely N-dealkylation sites (tertiary alicyclic amines) is 2. The van der Waals surface area contributed by atoms with Gasteiger partial charge in [-0.3, -0.25) is 9.80 Å². The predicted molar refractivity (Wildman–Crippen MR) is 103 cm³/mol. The second kappa shape index (κ2) is 7.41. The number of nitrogens with zero attached hydrogens (tertiary/aromatic N) is 4. The van der Waals surface area contributed by atoms with Gasteiger partial charge in [0.05, 0.1) is 13.7 Å². The van der Waals surface area contributed by atoms with Gasteiger partial charge in [-0.25, -0.2) is 4.98 Å². The van der Waals surface area contributed by atoms with Gasteiger partial charge in [0.25, 0.3) is 0 Å². The first-order valence-electron chi connectivity index (χ1n) is 9.70. The van der Waals surface area contributed by atoms with Crippen LogP contribution in [0, 0.1) is 5.41 Å². The van der Waals surface area contributed by atoms with Crippen molar-refractivity contribution in [2.45, 2.75) is 32.4 Å². The maximum Gasteiger partial charge on any atom is 0.122 e. The molecule has 0 saturated carbocycles. The highest BCUT2D eigenvalue weighted by Gasteiger charge is 2.40. The number of methoxy groups -OCH3 is 1. The molecule has 0 unspecified atom stereocenters. The summed E-state index contributed by atoms with van der Waals surface area (Å²) in [6.07, 6.45) is 7.91. The third-order valence-corrected chi connectivity index (χ3v) is 6.26. The standard InChI is InChI=1S/C21H30N4O/c1-23-13-9-22-20(23)16-25-12-8-21(17-25)6-10-24(11-7-21)15-18-4-3-5-19(14-18)26-2/h3-5,9,13-14H,6-8,10-12,15-17H2,1-2H3. The van der Waals surface area contributed by atoms with E-state index in [2.05, 4.69) is 44.6 Å². The van der Waals surface area contributed by atoms with Gasteiger partial charge in [-0.15, -0.1) is 0 Å². The molecule has 0 amide bonds. The van der Waals surface area contributed by atoms with Gasteiger partial charge in [0.15, 0.2) is 0 Å². The number of ether oxygens (including phenoxy) is 1. The fourth-order valence-electron chi connectivity index (χ4n) is 4.53. The number of aryl methyl sites for hydroxylation is 1. The van der Waals surface area contributed by atoms with E-state index in [0.717, 1.165) is 18.8 Å². The molecule has 0 N–H and O–H groups in total. The van der Waals surface area contributed by atoms with Crippen LogP contribution in [0.2, 0.25) is 0 Å². The van der Waals surface area contributed by atoms with E-state index in [4.69, 9.17) is 4.74 Å². The van der Waals surface area contributed by atoms with Crippen LogP contribution >= 0.6 is 0 Å². The van der Waals surface area contributed by atoms with Gasteiger partial charge in [0, 0.05) is 32.5 Å². The van der Waals surface area contributed by atoms with Crippen molar-refractivity contribution in [3.63, 3.8) is 0 Å². The van der Waals surface area contributed by atoms with Crippen LogP contribution in [-0.4, -0.2) is 52.6 Å². The van der Waals surface area contributed by atoms with Crippen molar-refractivity contribution in [1.29, 1.82) is 0 Å². The van der Waals surface area contributed by atoms with Gasteiger partial charge in [-0.1, -0.05) is 12.1 Å². The van der Waals surface area contributed by atoms with Crippen molar-refractivity contribution in [3.05, 3.63) is 48.0 Å². The van der Waals surface area contributed by atoms with Gasteiger partial charge in [-0.2, -0.15) is 0 Å². The Kier molecular flexibility index (Phi) is 5.00. The summed E-state index contributed by atoms with van der Waals surface area (Å²) in [6, 6.07) is 8.47. The van der Waals surface area contributed by atoms with Crippen molar-refractivity contribution >= 4 is 0 Å². The Morgan fingerprint density at radius 3 is 2.54 bits per heavy atom. The van der Waals surface area contributed by atoms with Crippen LogP contribution in [0.4, 0.5) is 0 Å². The van der Waals surface area contributed by atoms with Gasteiger partial charge in [0.1, 0.15) is 11.6 Å². The smallest absolute Gasteiger partial charge is 0.122 e. The summed E-state index contributed by atoms with van der Waals surface area (Å²) in [5.41, 5.74) is 1.87. The zero-order valence-electron chi connectivity index (χ0n) is 16.0. The van der Waals surface area contributed by atoms with E-state index in [1.54, 1.807) is 7.11 Å². The Balaban J connectivity index is 1.30. The molecule has 2 aliphatic heterocycles. The van der Waals surface area contributed by atoms with Gasteiger partial charge < -0.3 is 9.30 Å². The van der Waals surface area contributed by atoms with Crippen molar-refractivity contribution in [1.82, 2.24) is 19.4 Å². The molecule has 0 bridgehead atoms. The molecule has 0 atom stereocenters. The fraction of sp³-hybridized carbons (Fsp3) is 0.571. The summed E-state index contributed by atoms with van der Waals surface area (Å²) in [7, 11) is 3.83. The lowest BCUT2D eigenvalue weighted by Crippen LogP contribution is -2.41. The average Bonchev–Trinajstić information content (AvgIpc) is 3.24. The number of hydrogen-bond acceptors (Lipinski definition) is 4. The Bertz CT molecular complexity index is 733. The van der Waals surface area contributed by atoms with Crippen LogP contribution in [0.25, 0.3) is 0 Å². The van der Waals surface area contributed by atoms with Crippen molar-refractivity contribution < 1.29 is 4.74 Å². The molecule has 2 fully saturated rings. The van der Waals surface area contributed by atoms with E-state index < -0.39 is 0 Å². The van der Waals surface area contributed by atoms with Crippen LogP contribution in [0.15, 0.2) is 36.7 Å². The van der Waals surface area contributed by atoms with Crippen LogP contribution < -0.4 is 4.74 Å². The minimum Gasteiger partial charge on any atom is -0.497 e. The minimum absolute atomic E-state index is 0.524. The van der Waals surface area contributed by atoms with E-state index in [1.165, 1.54) is 56.8 Å². The number of piperidine rings is 1. The Morgan fingerprint density at radius 1 is 1.08 bits per heavy atom. The first-order chi connectivity index (χ1) is 12.7. The third kappa shape index (κ3) is 3.79. The third-order valence-electron chi connectivity index (χ3n) is 6.26. The normalized spacial score (nSPS) is 20.7. The molecule has 1 spiro atoms. The maximum absolute atomic E-state index is 5.35. The molecule has 5 heteroatoms. The molecule has 2 aromatic rings. The zero-order chi connectivity index (χ0) is 18.0. The van der Waals surface area contributed by atoms with E-state index >= 15 is 0 Å². The van der Waals surface area contributed by atoms with Crippen LogP contribution in [0.5, 0.6) is 5.75 Å². The molecule has 26 heavy (non-hydrogen) atoms. The quantitative estimate of drug-likeness (QED) is 0.827. The monoisotopic (exact) mass is 354 g/mol. The summed E-state index contributed by atoms with van der Waals surface area (Å²) in [5, 5.41) is 0. The van der Waals surface area contributed by atoms with E-state index in [-0.39, 0.29) is 0 Å². The highest BCUT2D eigenvalue weighted by molar-refractivity contribution is 5.28. The zero-order valence-corrected chi connectivity index (χ0v) is 16.0. The van der Waals surface area contributed by atoms with Gasteiger partial charge in [-0.05, 0) is 62.0 Å². The van der Waals surface area contributed by atoms with E-state index in [1.807, 2.05) is 18.5 Å². The lowest BCUT2D eigenvalue weighted by atomic mass is 9.77. The Morgan fingerprint density at radius 2 is 1.85 bits per heavy atom. The van der Waals surface area contributed by atoms with Crippen LogP contribution in [0.1, 0.15) is 30.7 Å². The molecule has 0 radical (unpaired) electrons. The molecular formula is C21H30N4O. The summed E-state index contributed by atoms with van der Waals surface area (Å²) in [6.45, 7) is 6.86. The lowest BCUT2D eigenvalue weighted by molar-refractivity contribution is 0.101. The minimum atomic E-state index is 0.524. The molecule has 2 aliphatic rings. The molecular weight excluding hydrogens is 324 g/mol. The summed E-state index contributed by atoms with van der Waals surface area (Å²) in [4.78, 5) is 9.68. The molecule has 1 aromatic carbocycles. The number of benzene rings is 1. The van der Waals surface area contributed by atoms with Crippen LogP contribution in [0.3, 0.4) is 0 Å². The molecule has 1 aromatic heterocycles. The largest absolute Gasteiger partial charge is 0.497 e. The number of imidazole rings is 1.